The molecule has 5 rings (SSSR count). The smallest absolute Gasteiger partial charge is 0.449 e. The van der Waals surface area contributed by atoms with Crippen molar-refractivity contribution < 1.29 is 31.9 Å². The lowest BCUT2D eigenvalue weighted by atomic mass is 10.1. The highest BCUT2D eigenvalue weighted by Crippen LogP contribution is 2.39. The van der Waals surface area contributed by atoms with Crippen molar-refractivity contribution in [3.8, 4) is 28.4 Å². The van der Waals surface area contributed by atoms with Crippen molar-refractivity contribution in [2.24, 2.45) is 0 Å². The molecule has 5 nitrogen and oxygen atoms in total. The Morgan fingerprint density at radius 2 is 1.47 bits per heavy atom. The minimum atomic E-state index is -5.04. The van der Waals surface area contributed by atoms with Gasteiger partial charge in [-0.2, -0.15) is 13.2 Å². The van der Waals surface area contributed by atoms with E-state index in [1.165, 1.54) is 36.4 Å². The van der Waals surface area contributed by atoms with Crippen molar-refractivity contribution in [1.82, 2.24) is 0 Å². The lowest BCUT2D eigenvalue weighted by molar-refractivity contribution is -0.154. The highest BCUT2D eigenvalue weighted by molar-refractivity contribution is 6.30. The van der Waals surface area contributed by atoms with Crippen LogP contribution in [0.1, 0.15) is 16.1 Å². The maximum atomic E-state index is 13.9. The van der Waals surface area contributed by atoms with E-state index in [0.717, 1.165) is 17.2 Å². The third kappa shape index (κ3) is 5.26. The molecule has 0 aliphatic heterocycles. The fraction of sp³-hybridized carbons (Fsp3) is 0.0345. The lowest BCUT2D eigenvalue weighted by Gasteiger charge is -2.14. The van der Waals surface area contributed by atoms with Crippen molar-refractivity contribution >= 4 is 28.5 Å². The molecule has 0 radical (unpaired) electrons. The Bertz CT molecular complexity index is 1690. The van der Waals surface area contributed by atoms with Crippen LogP contribution in [0.4, 0.5) is 13.2 Å². The summed E-state index contributed by atoms with van der Waals surface area (Å²) in [4.78, 5) is 25.5. The summed E-state index contributed by atoms with van der Waals surface area (Å²) in [5.41, 5.74) is 0.410. The summed E-state index contributed by atoms with van der Waals surface area (Å²) < 4.78 is 57.4. The predicted octanol–water partition coefficient (Wildman–Crippen LogP) is 8.14. The first-order valence-corrected chi connectivity index (χ1v) is 11.6. The second-order valence-corrected chi connectivity index (χ2v) is 8.57. The first-order valence-electron chi connectivity index (χ1n) is 11.2. The summed E-state index contributed by atoms with van der Waals surface area (Å²) in [5.74, 6) is -3.50. The normalized spacial score (nSPS) is 11.4. The van der Waals surface area contributed by atoms with Crippen LogP contribution < -0.4 is 14.9 Å². The van der Waals surface area contributed by atoms with E-state index >= 15 is 0 Å². The van der Waals surface area contributed by atoms with Crippen LogP contribution in [0.2, 0.25) is 5.02 Å². The number of hydrogen-bond acceptors (Lipinski definition) is 5. The number of rotatable bonds is 5. The summed E-state index contributed by atoms with van der Waals surface area (Å²) >= 11 is 5.88. The van der Waals surface area contributed by atoms with Gasteiger partial charge in [0.05, 0.1) is 10.9 Å². The van der Waals surface area contributed by atoms with Crippen molar-refractivity contribution in [3.05, 3.63) is 124 Å². The maximum Gasteiger partial charge on any atom is 0.453 e. The molecule has 0 atom stereocenters. The Hall–Kier alpha value is -4.56. The fourth-order valence-corrected chi connectivity index (χ4v) is 3.93. The van der Waals surface area contributed by atoms with E-state index in [0.29, 0.717) is 5.02 Å². The molecule has 0 N–H and O–H groups in total. The van der Waals surface area contributed by atoms with Gasteiger partial charge in [0.15, 0.2) is 0 Å². The molecule has 0 amide bonds. The molecule has 38 heavy (non-hydrogen) atoms. The predicted molar refractivity (Wildman–Crippen MR) is 136 cm³/mol. The third-order valence-corrected chi connectivity index (χ3v) is 5.77. The molecule has 0 fully saturated rings. The average molecular weight is 537 g/mol. The molecule has 1 aromatic heterocycles. The molecule has 0 saturated carbocycles. The van der Waals surface area contributed by atoms with Crippen LogP contribution >= 0.6 is 11.6 Å². The number of benzene rings is 4. The monoisotopic (exact) mass is 536 g/mol. The van der Waals surface area contributed by atoms with Gasteiger partial charge >= 0.3 is 12.1 Å². The lowest BCUT2D eigenvalue weighted by Crippen LogP contribution is -2.15. The topological polar surface area (TPSA) is 65.7 Å². The van der Waals surface area contributed by atoms with Gasteiger partial charge in [0, 0.05) is 11.1 Å². The molecule has 0 aliphatic carbocycles. The Kier molecular flexibility index (Phi) is 6.65. The third-order valence-electron chi connectivity index (χ3n) is 5.53. The number of alkyl halides is 3. The minimum absolute atomic E-state index is 0.0221. The summed E-state index contributed by atoms with van der Waals surface area (Å²) in [6.07, 6.45) is -5.04. The summed E-state index contributed by atoms with van der Waals surface area (Å²) in [7, 11) is 0. The first-order chi connectivity index (χ1) is 18.2. The van der Waals surface area contributed by atoms with Crippen LogP contribution in [0, 0.1) is 0 Å². The van der Waals surface area contributed by atoms with Gasteiger partial charge < -0.3 is 13.9 Å². The van der Waals surface area contributed by atoms with Crippen LogP contribution in [0.5, 0.6) is 17.2 Å². The van der Waals surface area contributed by atoms with Crippen LogP contribution in [-0.2, 0) is 6.18 Å². The number of hydrogen-bond donors (Lipinski definition) is 0. The number of carbonyl (C=O) groups is 1. The second kappa shape index (κ2) is 10.1. The largest absolute Gasteiger partial charge is 0.453 e. The molecule has 0 unspecified atom stereocenters. The molecule has 0 spiro atoms. The first kappa shape index (κ1) is 25.1. The Balaban J connectivity index is 1.49. The number of fused-ring (bicyclic) bond motifs is 1. The van der Waals surface area contributed by atoms with Crippen LogP contribution in [-0.4, -0.2) is 5.97 Å². The van der Waals surface area contributed by atoms with Crippen molar-refractivity contribution in [2.75, 3.05) is 0 Å². The van der Waals surface area contributed by atoms with Crippen molar-refractivity contribution in [2.45, 2.75) is 6.18 Å². The van der Waals surface area contributed by atoms with Gasteiger partial charge in [-0.25, -0.2) is 4.79 Å². The van der Waals surface area contributed by atoms with Gasteiger partial charge in [-0.3, -0.25) is 4.79 Å². The quantitative estimate of drug-likeness (QED) is 0.167. The molecule has 1 heterocycles. The van der Waals surface area contributed by atoms with Gasteiger partial charge in [-0.05, 0) is 53.6 Å². The molecule has 0 bridgehead atoms. The highest BCUT2D eigenvalue weighted by atomic mass is 35.5. The van der Waals surface area contributed by atoms with Crippen molar-refractivity contribution in [3.63, 3.8) is 0 Å². The molecule has 4 aromatic carbocycles. The number of ether oxygens (including phenoxy) is 2. The van der Waals surface area contributed by atoms with Crippen molar-refractivity contribution in [1.29, 1.82) is 0 Å². The molecular weight excluding hydrogens is 521 g/mol. The molecular formula is C29H16ClF3O5. The average Bonchev–Trinajstić information content (AvgIpc) is 2.90. The van der Waals surface area contributed by atoms with E-state index in [-0.39, 0.29) is 22.4 Å². The SMILES string of the molecule is O=C(Oc1ccc2c(=O)c(Oc3ccc(-c4ccccc4)cc3)c(C(F)(F)F)oc2c1)c1cccc(Cl)c1. The summed E-state index contributed by atoms with van der Waals surface area (Å²) in [6.45, 7) is 0. The Morgan fingerprint density at radius 1 is 0.789 bits per heavy atom. The van der Waals surface area contributed by atoms with Gasteiger partial charge in [0.2, 0.25) is 11.2 Å². The van der Waals surface area contributed by atoms with Crippen LogP contribution in [0.25, 0.3) is 22.1 Å². The summed E-state index contributed by atoms with van der Waals surface area (Å²) in [6, 6.07) is 25.1. The Morgan fingerprint density at radius 3 is 2.16 bits per heavy atom. The molecule has 190 valence electrons. The fourth-order valence-electron chi connectivity index (χ4n) is 3.74. The van der Waals surface area contributed by atoms with E-state index < -0.39 is 34.7 Å². The Labute approximate surface area is 218 Å². The number of halogens is 4. The zero-order valence-corrected chi connectivity index (χ0v) is 20.0. The zero-order valence-electron chi connectivity index (χ0n) is 19.3. The molecule has 0 saturated heterocycles. The van der Waals surface area contributed by atoms with Crippen LogP contribution in [0.3, 0.4) is 0 Å². The van der Waals surface area contributed by atoms with Gasteiger partial charge in [-0.15, -0.1) is 0 Å². The van der Waals surface area contributed by atoms with Gasteiger partial charge in [0.1, 0.15) is 17.1 Å². The van der Waals surface area contributed by atoms with E-state index in [1.54, 1.807) is 24.3 Å². The van der Waals surface area contributed by atoms with E-state index in [4.69, 9.17) is 25.5 Å². The number of carbonyl (C=O) groups excluding carboxylic acids is 1. The van der Waals surface area contributed by atoms with Gasteiger partial charge in [0.25, 0.3) is 5.76 Å². The molecule has 5 aromatic rings. The maximum absolute atomic E-state index is 13.9. The molecule has 0 aliphatic rings. The summed E-state index contributed by atoms with van der Waals surface area (Å²) in [5, 5.41) is 0.123. The molecule has 9 heteroatoms. The van der Waals surface area contributed by atoms with Crippen LogP contribution in [0.15, 0.2) is 106 Å². The van der Waals surface area contributed by atoms with Gasteiger partial charge in [-0.1, -0.05) is 60.1 Å². The standard InChI is InChI=1S/C29H16ClF3O5/c30-20-8-4-7-19(15-20)28(35)37-22-13-14-23-24(16-22)38-27(29(31,32)33)26(25(23)34)36-21-11-9-18(10-12-21)17-5-2-1-3-6-17/h1-16H. The highest BCUT2D eigenvalue weighted by Gasteiger charge is 2.40. The van der Waals surface area contributed by atoms with E-state index in [1.807, 2.05) is 30.3 Å². The minimum Gasteiger partial charge on any atom is -0.449 e. The zero-order chi connectivity index (χ0) is 26.9. The van der Waals surface area contributed by atoms with E-state index in [2.05, 4.69) is 0 Å². The number of esters is 1. The second-order valence-electron chi connectivity index (χ2n) is 8.14. The van der Waals surface area contributed by atoms with E-state index in [9.17, 15) is 22.8 Å².